The van der Waals surface area contributed by atoms with Gasteiger partial charge in [0.2, 0.25) is 0 Å². The molecule has 38 heavy (non-hydrogen) atoms. The lowest BCUT2D eigenvalue weighted by molar-refractivity contribution is -0.126. The van der Waals surface area contributed by atoms with Gasteiger partial charge in [0.25, 0.3) is 0 Å². The van der Waals surface area contributed by atoms with Crippen LogP contribution < -0.4 is 15.4 Å². The first-order chi connectivity index (χ1) is 18.3. The summed E-state index contributed by atoms with van der Waals surface area (Å²) in [5.74, 6) is 6.68. The Morgan fingerprint density at radius 2 is 1.95 bits per heavy atom. The summed E-state index contributed by atoms with van der Waals surface area (Å²) < 4.78 is 59.5. The third kappa shape index (κ3) is 7.28. The molecule has 1 saturated heterocycles. The van der Waals surface area contributed by atoms with E-state index >= 15 is 0 Å². The van der Waals surface area contributed by atoms with E-state index in [1.165, 1.54) is 11.3 Å². The zero-order valence-electron chi connectivity index (χ0n) is 21.4. The third-order valence-electron chi connectivity index (χ3n) is 6.52. The molecule has 0 amide bonds. The van der Waals surface area contributed by atoms with Crippen molar-refractivity contribution in [3.63, 3.8) is 0 Å². The number of thiophene rings is 1. The standard InChI is InChI=1S/C28H31F4N3OS2/c1-36-25-17-20(37-2)8-9-23(25)33-13-4-7-26-22(18-28(30,31)32)21-5-3-6-24(27(21)38-26)34-19-10-14-35(15-11-19)16-12-29/h3,5-6,8-9,17,19,33-34H,10-16,18H2,1-2H3. The predicted molar refractivity (Wildman–Crippen MR) is 151 cm³/mol. The van der Waals surface area contributed by atoms with Crippen LogP contribution in [0.15, 0.2) is 41.3 Å². The number of fused-ring (bicyclic) bond motifs is 1. The Morgan fingerprint density at radius 3 is 2.63 bits per heavy atom. The molecule has 0 atom stereocenters. The minimum absolute atomic E-state index is 0.191. The van der Waals surface area contributed by atoms with Crippen LogP contribution in [0.2, 0.25) is 0 Å². The molecule has 10 heteroatoms. The number of ether oxygens (including phenoxy) is 1. The summed E-state index contributed by atoms with van der Waals surface area (Å²) >= 11 is 2.90. The molecular weight excluding hydrogens is 534 g/mol. The highest BCUT2D eigenvalue weighted by molar-refractivity contribution is 7.98. The summed E-state index contributed by atoms with van der Waals surface area (Å²) in [6, 6.07) is 11.4. The highest BCUT2D eigenvalue weighted by atomic mass is 32.2. The second kappa shape index (κ2) is 13.0. The normalized spacial score (nSPS) is 14.8. The van der Waals surface area contributed by atoms with Gasteiger partial charge < -0.3 is 20.3 Å². The van der Waals surface area contributed by atoms with Gasteiger partial charge in [0.1, 0.15) is 12.4 Å². The van der Waals surface area contributed by atoms with Gasteiger partial charge in [-0.15, -0.1) is 23.1 Å². The fourth-order valence-electron chi connectivity index (χ4n) is 4.61. The van der Waals surface area contributed by atoms with Crippen molar-refractivity contribution in [2.24, 2.45) is 0 Å². The van der Waals surface area contributed by atoms with Gasteiger partial charge in [0, 0.05) is 30.6 Å². The first-order valence-corrected chi connectivity index (χ1v) is 14.5. The van der Waals surface area contributed by atoms with Crippen molar-refractivity contribution in [3.8, 4) is 17.6 Å². The number of thioether (sulfide) groups is 1. The number of hydrogen-bond acceptors (Lipinski definition) is 6. The van der Waals surface area contributed by atoms with Crippen LogP contribution in [0.5, 0.6) is 5.75 Å². The zero-order valence-corrected chi connectivity index (χ0v) is 23.0. The molecule has 1 fully saturated rings. The summed E-state index contributed by atoms with van der Waals surface area (Å²) in [7, 11) is 1.59. The highest BCUT2D eigenvalue weighted by Gasteiger charge is 2.31. The van der Waals surface area contributed by atoms with Crippen molar-refractivity contribution < 1.29 is 22.3 Å². The van der Waals surface area contributed by atoms with Gasteiger partial charge in [0.05, 0.1) is 41.0 Å². The molecule has 0 bridgehead atoms. The summed E-state index contributed by atoms with van der Waals surface area (Å²) in [6.07, 6.45) is -1.68. The molecule has 0 unspecified atom stereocenters. The fraction of sp³-hybridized carbons (Fsp3) is 0.429. The van der Waals surface area contributed by atoms with Crippen molar-refractivity contribution in [2.75, 3.05) is 56.9 Å². The second-order valence-corrected chi connectivity index (χ2v) is 11.0. The molecule has 2 heterocycles. The molecule has 4 rings (SSSR count). The minimum atomic E-state index is -4.35. The number of piperidine rings is 1. The monoisotopic (exact) mass is 565 g/mol. The molecule has 1 aliphatic heterocycles. The Hall–Kier alpha value is -2.61. The van der Waals surface area contributed by atoms with Crippen molar-refractivity contribution in [3.05, 3.63) is 46.8 Å². The van der Waals surface area contributed by atoms with Gasteiger partial charge in [-0.05, 0) is 54.3 Å². The van der Waals surface area contributed by atoms with Crippen LogP contribution in [-0.4, -0.2) is 63.3 Å². The van der Waals surface area contributed by atoms with Gasteiger partial charge in [-0.2, -0.15) is 13.2 Å². The van der Waals surface area contributed by atoms with Crippen molar-refractivity contribution in [1.82, 2.24) is 4.90 Å². The topological polar surface area (TPSA) is 36.5 Å². The Balaban J connectivity index is 1.55. The number of rotatable bonds is 9. The quantitative estimate of drug-likeness (QED) is 0.165. The molecule has 1 aromatic heterocycles. The van der Waals surface area contributed by atoms with Crippen LogP contribution in [-0.2, 0) is 6.42 Å². The number of likely N-dealkylation sites (tertiary alicyclic amines) is 1. The van der Waals surface area contributed by atoms with Gasteiger partial charge >= 0.3 is 6.18 Å². The SMILES string of the molecule is COc1cc(SC)ccc1NCC#Cc1sc2c(NC3CCN(CCF)CC3)cccc2c1CC(F)(F)F. The maximum Gasteiger partial charge on any atom is 0.393 e. The van der Waals surface area contributed by atoms with E-state index in [1.54, 1.807) is 31.0 Å². The van der Waals surface area contributed by atoms with E-state index in [0.717, 1.165) is 46.9 Å². The molecule has 0 spiro atoms. The Labute approximate surface area is 229 Å². The average Bonchev–Trinajstić information content (AvgIpc) is 3.24. The van der Waals surface area contributed by atoms with Crippen molar-refractivity contribution >= 4 is 44.6 Å². The third-order valence-corrected chi connectivity index (χ3v) is 8.44. The summed E-state index contributed by atoms with van der Waals surface area (Å²) in [5.41, 5.74) is 1.81. The fourth-order valence-corrected chi connectivity index (χ4v) is 6.21. The first-order valence-electron chi connectivity index (χ1n) is 12.4. The van der Waals surface area contributed by atoms with Crippen LogP contribution in [0.25, 0.3) is 10.1 Å². The molecule has 2 N–H and O–H groups in total. The van der Waals surface area contributed by atoms with Crippen LogP contribution in [0.1, 0.15) is 23.3 Å². The molecule has 3 aromatic rings. The zero-order chi connectivity index (χ0) is 27.1. The Bertz CT molecular complexity index is 1290. The number of hydrogen-bond donors (Lipinski definition) is 2. The number of nitrogens with one attached hydrogen (secondary N) is 2. The predicted octanol–water partition coefficient (Wildman–Crippen LogP) is 7.05. The maximum absolute atomic E-state index is 13.5. The van der Waals surface area contributed by atoms with Crippen LogP contribution in [0.3, 0.4) is 0 Å². The Kier molecular flexibility index (Phi) is 9.69. The average molecular weight is 566 g/mol. The molecular formula is C28H31F4N3OS2. The molecule has 0 saturated carbocycles. The second-order valence-electron chi connectivity index (χ2n) is 9.05. The number of nitrogens with zero attached hydrogens (tertiary/aromatic N) is 1. The van der Waals surface area contributed by atoms with Crippen LogP contribution in [0.4, 0.5) is 28.9 Å². The minimum Gasteiger partial charge on any atom is -0.495 e. The lowest BCUT2D eigenvalue weighted by Crippen LogP contribution is -2.40. The molecule has 204 valence electrons. The lowest BCUT2D eigenvalue weighted by atomic mass is 10.0. The van der Waals surface area contributed by atoms with Gasteiger partial charge in [0.15, 0.2) is 0 Å². The maximum atomic E-state index is 13.5. The number of benzene rings is 2. The van der Waals surface area contributed by atoms with E-state index in [-0.39, 0.29) is 24.8 Å². The van der Waals surface area contributed by atoms with E-state index in [9.17, 15) is 17.6 Å². The largest absolute Gasteiger partial charge is 0.495 e. The van der Waals surface area contributed by atoms with Crippen LogP contribution >= 0.6 is 23.1 Å². The summed E-state index contributed by atoms with van der Waals surface area (Å²) in [4.78, 5) is 3.59. The smallest absolute Gasteiger partial charge is 0.393 e. The number of halogens is 4. The number of alkyl halides is 4. The summed E-state index contributed by atoms with van der Waals surface area (Å²) in [5, 5.41) is 7.32. The summed E-state index contributed by atoms with van der Waals surface area (Å²) in [6.45, 7) is 1.95. The molecule has 0 radical (unpaired) electrons. The van der Waals surface area contributed by atoms with Gasteiger partial charge in [-0.25, -0.2) is 4.39 Å². The van der Waals surface area contributed by atoms with Gasteiger partial charge in [-0.1, -0.05) is 24.0 Å². The van der Waals surface area contributed by atoms with Crippen molar-refractivity contribution in [1.29, 1.82) is 0 Å². The first kappa shape index (κ1) is 28.4. The highest BCUT2D eigenvalue weighted by Crippen LogP contribution is 2.39. The lowest BCUT2D eigenvalue weighted by Gasteiger charge is -2.32. The molecule has 4 nitrogen and oxygen atoms in total. The van der Waals surface area contributed by atoms with E-state index < -0.39 is 12.6 Å². The van der Waals surface area contributed by atoms with E-state index in [0.29, 0.717) is 22.6 Å². The van der Waals surface area contributed by atoms with Gasteiger partial charge in [-0.3, -0.25) is 0 Å². The van der Waals surface area contributed by atoms with Crippen molar-refractivity contribution in [2.45, 2.75) is 36.4 Å². The van der Waals surface area contributed by atoms with E-state index in [1.807, 2.05) is 30.5 Å². The molecule has 1 aliphatic rings. The Morgan fingerprint density at radius 1 is 1.16 bits per heavy atom. The van der Waals surface area contributed by atoms with E-state index in [4.69, 9.17) is 4.74 Å². The molecule has 0 aliphatic carbocycles. The molecule has 2 aromatic carbocycles. The van der Waals surface area contributed by atoms with E-state index in [2.05, 4.69) is 27.4 Å². The van der Waals surface area contributed by atoms with Crippen LogP contribution in [0, 0.1) is 11.8 Å². The number of methoxy groups -OCH3 is 1. The number of anilines is 2.